The first-order valence-corrected chi connectivity index (χ1v) is 5.14. The number of carboxylic acid groups (broad SMARTS) is 1. The number of hydrogen-bond donors (Lipinski definition) is 1. The lowest BCUT2D eigenvalue weighted by Crippen LogP contribution is -2.29. The molecule has 7 nitrogen and oxygen atoms in total. The minimum absolute atomic E-state index is 0.143. The predicted molar refractivity (Wildman–Crippen MR) is 63.3 cm³/mol. The second-order valence-electron chi connectivity index (χ2n) is 3.48. The van der Waals surface area contributed by atoms with Gasteiger partial charge in [-0.2, -0.15) is 5.26 Å². The summed E-state index contributed by atoms with van der Waals surface area (Å²) in [6, 6.07) is 5.73. The number of carboxylic acids is 1. The topological polar surface area (TPSA) is 107 Å². The van der Waals surface area contributed by atoms with Crippen molar-refractivity contribution < 1.29 is 14.8 Å². The normalized spacial score (nSPS) is 9.56. The maximum absolute atomic E-state index is 10.9. The van der Waals surface area contributed by atoms with Crippen LogP contribution in [0.2, 0.25) is 0 Å². The Balaban J connectivity index is 3.29. The molecular formula is C11H11N3O4. The highest BCUT2D eigenvalue weighted by Crippen LogP contribution is 2.28. The van der Waals surface area contributed by atoms with Crippen LogP contribution in [-0.4, -0.2) is 29.1 Å². The van der Waals surface area contributed by atoms with Gasteiger partial charge in [0.2, 0.25) is 0 Å². The molecule has 7 heteroatoms. The van der Waals surface area contributed by atoms with Gasteiger partial charge in [-0.1, -0.05) is 0 Å². The lowest BCUT2D eigenvalue weighted by Gasteiger charge is -2.20. The summed E-state index contributed by atoms with van der Waals surface area (Å²) in [5, 5.41) is 28.4. The van der Waals surface area contributed by atoms with Crippen LogP contribution >= 0.6 is 0 Å². The Morgan fingerprint density at radius 3 is 2.72 bits per heavy atom. The first kappa shape index (κ1) is 13.4. The van der Waals surface area contributed by atoms with Crippen molar-refractivity contribution in [3.8, 4) is 6.07 Å². The Kier molecular flexibility index (Phi) is 4.21. The van der Waals surface area contributed by atoms with E-state index in [-0.39, 0.29) is 23.5 Å². The van der Waals surface area contributed by atoms with Crippen molar-refractivity contribution in [2.75, 3.05) is 18.0 Å². The molecule has 18 heavy (non-hydrogen) atoms. The number of nitrogens with zero attached hydrogens (tertiary/aromatic N) is 3. The second kappa shape index (κ2) is 5.63. The Hall–Kier alpha value is -2.62. The van der Waals surface area contributed by atoms with Gasteiger partial charge < -0.3 is 10.0 Å². The quantitative estimate of drug-likeness (QED) is 0.623. The van der Waals surface area contributed by atoms with Crippen molar-refractivity contribution >= 4 is 17.3 Å². The summed E-state index contributed by atoms with van der Waals surface area (Å²) < 4.78 is 0. The van der Waals surface area contributed by atoms with Gasteiger partial charge in [0.05, 0.1) is 16.6 Å². The molecule has 0 amide bonds. The van der Waals surface area contributed by atoms with Crippen molar-refractivity contribution in [3.63, 3.8) is 0 Å². The molecule has 0 aliphatic rings. The maximum atomic E-state index is 10.9. The van der Waals surface area contributed by atoms with Crippen LogP contribution in [0.15, 0.2) is 18.2 Å². The van der Waals surface area contributed by atoms with Crippen LogP contribution in [0, 0.1) is 21.4 Å². The zero-order valence-corrected chi connectivity index (χ0v) is 9.66. The number of nitro benzene ring substituents is 1. The summed E-state index contributed by atoms with van der Waals surface area (Å²) in [5.74, 6) is -1.09. The fourth-order valence-corrected chi connectivity index (χ4v) is 1.53. The highest BCUT2D eigenvalue weighted by molar-refractivity contribution is 5.76. The smallest absolute Gasteiger partial charge is 0.323 e. The monoisotopic (exact) mass is 249 g/mol. The third-order valence-electron chi connectivity index (χ3n) is 2.35. The van der Waals surface area contributed by atoms with Gasteiger partial charge in [0.15, 0.2) is 0 Å². The molecule has 94 valence electrons. The molecule has 0 spiro atoms. The zero-order valence-electron chi connectivity index (χ0n) is 9.66. The molecule has 1 N–H and O–H groups in total. The van der Waals surface area contributed by atoms with E-state index in [1.807, 2.05) is 6.07 Å². The van der Waals surface area contributed by atoms with E-state index in [4.69, 9.17) is 10.4 Å². The summed E-state index contributed by atoms with van der Waals surface area (Å²) in [4.78, 5) is 22.3. The average Bonchev–Trinajstić information content (AvgIpc) is 2.34. The van der Waals surface area contributed by atoms with Crippen molar-refractivity contribution in [2.45, 2.75) is 6.92 Å². The number of benzene rings is 1. The van der Waals surface area contributed by atoms with E-state index in [0.717, 1.165) is 0 Å². The fraction of sp³-hybridized carbons (Fsp3) is 0.273. The minimum atomic E-state index is -1.09. The zero-order chi connectivity index (χ0) is 13.7. The van der Waals surface area contributed by atoms with Gasteiger partial charge in [0.1, 0.15) is 12.2 Å². The standard InChI is InChI=1S/C11H11N3O4/c1-2-13(7-11(15)16)10-5-8(6-12)3-4-9(10)14(17)18/h3-5H,2,7H2,1H3,(H,15,16). The summed E-state index contributed by atoms with van der Waals surface area (Å²) in [6.07, 6.45) is 0. The van der Waals surface area contributed by atoms with Crippen LogP contribution in [0.1, 0.15) is 12.5 Å². The molecule has 1 aromatic rings. The molecule has 0 aromatic heterocycles. The number of carbonyl (C=O) groups is 1. The van der Waals surface area contributed by atoms with Crippen molar-refractivity contribution in [3.05, 3.63) is 33.9 Å². The van der Waals surface area contributed by atoms with Gasteiger partial charge in [-0.05, 0) is 19.1 Å². The summed E-state index contributed by atoms with van der Waals surface area (Å²) >= 11 is 0. The first-order valence-electron chi connectivity index (χ1n) is 5.14. The van der Waals surface area contributed by atoms with Crippen molar-refractivity contribution in [1.29, 1.82) is 5.26 Å². The van der Waals surface area contributed by atoms with E-state index in [1.165, 1.54) is 23.1 Å². The molecule has 0 aliphatic carbocycles. The van der Waals surface area contributed by atoms with Crippen LogP contribution < -0.4 is 4.90 Å². The molecule has 0 unspecified atom stereocenters. The van der Waals surface area contributed by atoms with Gasteiger partial charge >= 0.3 is 5.97 Å². The largest absolute Gasteiger partial charge is 0.480 e. The Morgan fingerprint density at radius 1 is 1.61 bits per heavy atom. The van der Waals surface area contributed by atoms with Crippen LogP contribution in [0.25, 0.3) is 0 Å². The van der Waals surface area contributed by atoms with E-state index in [9.17, 15) is 14.9 Å². The number of hydrogen-bond acceptors (Lipinski definition) is 5. The van der Waals surface area contributed by atoms with Gasteiger partial charge in [0, 0.05) is 12.6 Å². The van der Waals surface area contributed by atoms with E-state index < -0.39 is 10.9 Å². The van der Waals surface area contributed by atoms with Crippen molar-refractivity contribution in [2.24, 2.45) is 0 Å². The van der Waals surface area contributed by atoms with E-state index in [2.05, 4.69) is 0 Å². The number of rotatable bonds is 5. The van der Waals surface area contributed by atoms with Crippen LogP contribution in [0.5, 0.6) is 0 Å². The number of nitriles is 1. The molecule has 0 saturated carbocycles. The van der Waals surface area contributed by atoms with Gasteiger partial charge in [-0.25, -0.2) is 0 Å². The molecule has 0 heterocycles. The van der Waals surface area contributed by atoms with E-state index >= 15 is 0 Å². The highest BCUT2D eigenvalue weighted by atomic mass is 16.6. The number of aliphatic carboxylic acids is 1. The SMILES string of the molecule is CCN(CC(=O)O)c1cc(C#N)ccc1[N+](=O)[O-]. The van der Waals surface area contributed by atoms with Gasteiger partial charge in [-0.15, -0.1) is 0 Å². The molecule has 0 fully saturated rings. The summed E-state index contributed by atoms with van der Waals surface area (Å²) in [6.45, 7) is 1.62. The number of anilines is 1. The van der Waals surface area contributed by atoms with Crippen LogP contribution in [0.4, 0.5) is 11.4 Å². The molecule has 1 aromatic carbocycles. The molecule has 0 radical (unpaired) electrons. The molecule has 0 aliphatic heterocycles. The van der Waals surface area contributed by atoms with Crippen LogP contribution in [-0.2, 0) is 4.79 Å². The second-order valence-corrected chi connectivity index (χ2v) is 3.48. The lowest BCUT2D eigenvalue weighted by molar-refractivity contribution is -0.384. The first-order chi connectivity index (χ1) is 8.49. The number of likely N-dealkylation sites (N-methyl/N-ethyl adjacent to an activating group) is 1. The Labute approximate surface area is 103 Å². The summed E-state index contributed by atoms with van der Waals surface area (Å²) in [5.41, 5.74) is 0.181. The molecule has 0 atom stereocenters. The van der Waals surface area contributed by atoms with Crippen molar-refractivity contribution in [1.82, 2.24) is 0 Å². The third-order valence-corrected chi connectivity index (χ3v) is 2.35. The van der Waals surface area contributed by atoms with Gasteiger partial charge in [-0.3, -0.25) is 14.9 Å². The fourth-order valence-electron chi connectivity index (χ4n) is 1.53. The summed E-state index contributed by atoms with van der Waals surface area (Å²) in [7, 11) is 0. The molecular weight excluding hydrogens is 238 g/mol. The minimum Gasteiger partial charge on any atom is -0.480 e. The highest BCUT2D eigenvalue weighted by Gasteiger charge is 2.20. The van der Waals surface area contributed by atoms with E-state index in [0.29, 0.717) is 6.54 Å². The lowest BCUT2D eigenvalue weighted by atomic mass is 10.1. The predicted octanol–water partition coefficient (Wildman–Crippen LogP) is 1.38. The molecule has 1 rings (SSSR count). The maximum Gasteiger partial charge on any atom is 0.323 e. The molecule has 0 saturated heterocycles. The van der Waals surface area contributed by atoms with Gasteiger partial charge in [0.25, 0.3) is 5.69 Å². The van der Waals surface area contributed by atoms with E-state index in [1.54, 1.807) is 6.92 Å². The average molecular weight is 249 g/mol. The van der Waals surface area contributed by atoms with Crippen LogP contribution in [0.3, 0.4) is 0 Å². The molecule has 0 bridgehead atoms. The number of nitro groups is 1. The Morgan fingerprint density at radius 2 is 2.28 bits per heavy atom. The Bertz CT molecular complexity index is 522. The third kappa shape index (κ3) is 2.95.